The van der Waals surface area contributed by atoms with Gasteiger partial charge in [-0.25, -0.2) is 8.70 Å². The topological polar surface area (TPSA) is 78.8 Å². The van der Waals surface area contributed by atoms with E-state index in [0.717, 1.165) is 41.3 Å². The lowest BCUT2D eigenvalue weighted by molar-refractivity contribution is -0.120. The zero-order valence-electron chi connectivity index (χ0n) is 17.0. The summed E-state index contributed by atoms with van der Waals surface area (Å²) >= 11 is 0. The predicted molar refractivity (Wildman–Crippen MR) is 111 cm³/mol. The summed E-state index contributed by atoms with van der Waals surface area (Å²) in [6.07, 6.45) is 8.94. The highest BCUT2D eigenvalue weighted by atomic mass is 32.2. The third-order valence-corrected chi connectivity index (χ3v) is 8.65. The summed E-state index contributed by atoms with van der Waals surface area (Å²) in [5.41, 5.74) is 0.770. The minimum atomic E-state index is -4.03. The van der Waals surface area contributed by atoms with E-state index in [-0.39, 0.29) is 16.8 Å². The van der Waals surface area contributed by atoms with Gasteiger partial charge in [0.05, 0.1) is 5.71 Å². The molecular formula is C22H26FN3O3S. The zero-order valence-corrected chi connectivity index (χ0v) is 17.8. The first-order valence-electron chi connectivity index (χ1n) is 10.6. The highest BCUT2D eigenvalue weighted by molar-refractivity contribution is 7.88. The molecule has 0 saturated heterocycles. The molecule has 4 saturated carbocycles. The fraction of sp³-hybridized carbons (Fsp3) is 0.545. The Morgan fingerprint density at radius 2 is 1.70 bits per heavy atom. The van der Waals surface area contributed by atoms with Gasteiger partial charge in [-0.3, -0.25) is 4.79 Å². The number of allylic oxidation sites excluding steroid dienone is 1. The molecule has 30 heavy (non-hydrogen) atoms. The summed E-state index contributed by atoms with van der Waals surface area (Å²) in [6.45, 7) is 0.587. The van der Waals surface area contributed by atoms with Crippen LogP contribution in [0.25, 0.3) is 0 Å². The number of hydrogen-bond donors (Lipinski definition) is 1. The van der Waals surface area contributed by atoms with Gasteiger partial charge in [-0.1, -0.05) is 0 Å². The van der Waals surface area contributed by atoms with Crippen molar-refractivity contribution in [3.8, 4) is 0 Å². The van der Waals surface area contributed by atoms with Crippen LogP contribution in [-0.4, -0.2) is 37.9 Å². The number of carbonyl (C=O) groups excluding carboxylic acids is 1. The number of nitrogens with zero attached hydrogens (tertiary/aromatic N) is 2. The van der Waals surface area contributed by atoms with Crippen LogP contribution in [-0.2, 0) is 15.0 Å². The Morgan fingerprint density at radius 3 is 2.27 bits per heavy atom. The van der Waals surface area contributed by atoms with Crippen LogP contribution >= 0.6 is 0 Å². The standard InChI is InChI=1S/C22H26FN3O3S/c1-26-20(9-19(25-30(26,28)29)17-2-4-18(23)5-3-17)21(27)24-13-22-10-14-6-15(11-22)8-16(7-14)12-22/h2-5,9,14-16H,6-8,10-13H2,1H3,(H,24,27). The van der Waals surface area contributed by atoms with E-state index < -0.39 is 21.9 Å². The van der Waals surface area contributed by atoms with Crippen molar-refractivity contribution in [2.45, 2.75) is 38.5 Å². The summed E-state index contributed by atoms with van der Waals surface area (Å²) in [5.74, 6) is 1.51. The van der Waals surface area contributed by atoms with Gasteiger partial charge in [0.15, 0.2) is 0 Å². The van der Waals surface area contributed by atoms with E-state index in [0.29, 0.717) is 12.1 Å². The average Bonchev–Trinajstić information content (AvgIpc) is 2.68. The van der Waals surface area contributed by atoms with E-state index in [1.165, 1.54) is 56.7 Å². The molecular weight excluding hydrogens is 405 g/mol. The molecule has 5 aliphatic rings. The molecule has 8 heteroatoms. The maximum Gasteiger partial charge on any atom is 0.345 e. The van der Waals surface area contributed by atoms with E-state index in [4.69, 9.17) is 0 Å². The lowest BCUT2D eigenvalue weighted by atomic mass is 9.49. The van der Waals surface area contributed by atoms with E-state index in [2.05, 4.69) is 9.71 Å². The van der Waals surface area contributed by atoms with Crippen molar-refractivity contribution in [1.82, 2.24) is 9.62 Å². The van der Waals surface area contributed by atoms with Gasteiger partial charge < -0.3 is 5.32 Å². The Bertz CT molecular complexity index is 1010. The lowest BCUT2D eigenvalue weighted by Gasteiger charge is -2.56. The van der Waals surface area contributed by atoms with Gasteiger partial charge in [0, 0.05) is 19.2 Å². The summed E-state index contributed by atoms with van der Waals surface area (Å²) in [4.78, 5) is 13.0. The summed E-state index contributed by atoms with van der Waals surface area (Å²) in [6, 6.07) is 5.39. The Balaban J connectivity index is 1.36. The van der Waals surface area contributed by atoms with E-state index >= 15 is 0 Å². The molecule has 1 amide bonds. The first kappa shape index (κ1) is 19.7. The third kappa shape index (κ3) is 3.45. The molecule has 0 aromatic heterocycles. The fourth-order valence-corrected chi connectivity index (χ4v) is 7.30. The molecule has 4 fully saturated rings. The van der Waals surface area contributed by atoms with Crippen LogP contribution in [0.5, 0.6) is 0 Å². The minimum Gasteiger partial charge on any atom is -0.350 e. The van der Waals surface area contributed by atoms with E-state index in [1.807, 2.05) is 0 Å². The first-order valence-corrected chi connectivity index (χ1v) is 12.0. The van der Waals surface area contributed by atoms with Crippen LogP contribution in [0.4, 0.5) is 4.39 Å². The Labute approximate surface area is 176 Å². The second-order valence-corrected chi connectivity index (χ2v) is 11.2. The van der Waals surface area contributed by atoms with Crippen LogP contribution in [0.15, 0.2) is 40.4 Å². The van der Waals surface area contributed by atoms with Gasteiger partial charge in [0.25, 0.3) is 5.91 Å². The third-order valence-electron chi connectivity index (χ3n) is 7.33. The van der Waals surface area contributed by atoms with Crippen LogP contribution in [0, 0.1) is 29.0 Å². The van der Waals surface area contributed by atoms with Crippen molar-refractivity contribution in [3.63, 3.8) is 0 Å². The van der Waals surface area contributed by atoms with Crippen molar-refractivity contribution in [1.29, 1.82) is 0 Å². The quantitative estimate of drug-likeness (QED) is 0.796. The molecule has 6 rings (SSSR count). The number of halogens is 1. The van der Waals surface area contributed by atoms with Crippen molar-refractivity contribution in [2.75, 3.05) is 13.6 Å². The molecule has 1 aromatic carbocycles. The number of rotatable bonds is 4. The Kier molecular flexibility index (Phi) is 4.54. The summed E-state index contributed by atoms with van der Waals surface area (Å²) in [5, 5.41) is 3.03. The van der Waals surface area contributed by atoms with Gasteiger partial charge in [0.2, 0.25) is 0 Å². The van der Waals surface area contributed by atoms with Crippen LogP contribution in [0.3, 0.4) is 0 Å². The Morgan fingerprint density at radius 1 is 1.13 bits per heavy atom. The van der Waals surface area contributed by atoms with Crippen LogP contribution in [0.2, 0.25) is 0 Å². The van der Waals surface area contributed by atoms with Gasteiger partial charge >= 0.3 is 10.2 Å². The molecule has 4 bridgehead atoms. The number of likely N-dealkylation sites (N-methyl/N-ethyl adjacent to an activating group) is 1. The largest absolute Gasteiger partial charge is 0.350 e. The van der Waals surface area contributed by atoms with Crippen LogP contribution < -0.4 is 5.32 Å². The summed E-state index contributed by atoms with van der Waals surface area (Å²) in [7, 11) is -2.70. The highest BCUT2D eigenvalue weighted by Gasteiger charge is 2.50. The number of carbonyl (C=O) groups is 1. The second-order valence-electron chi connectivity index (χ2n) is 9.56. The molecule has 1 N–H and O–H groups in total. The fourth-order valence-electron chi connectivity index (χ4n) is 6.39. The maximum atomic E-state index is 13.2. The lowest BCUT2D eigenvalue weighted by Crippen LogP contribution is -2.52. The number of nitrogens with one attached hydrogen (secondary N) is 1. The van der Waals surface area contributed by atoms with Gasteiger partial charge in [-0.15, -0.1) is 4.40 Å². The zero-order chi connectivity index (χ0) is 21.1. The van der Waals surface area contributed by atoms with Gasteiger partial charge in [-0.05, 0) is 92.0 Å². The van der Waals surface area contributed by atoms with Gasteiger partial charge in [0.1, 0.15) is 11.5 Å². The van der Waals surface area contributed by atoms with Crippen LogP contribution in [0.1, 0.15) is 44.1 Å². The second kappa shape index (κ2) is 6.90. The van der Waals surface area contributed by atoms with Gasteiger partial charge in [-0.2, -0.15) is 8.42 Å². The number of amides is 1. The normalized spacial score (nSPS) is 33.8. The molecule has 0 unspecified atom stereocenters. The molecule has 1 aliphatic heterocycles. The molecule has 160 valence electrons. The molecule has 0 radical (unpaired) electrons. The maximum absolute atomic E-state index is 13.2. The Hall–Kier alpha value is -2.22. The SMILES string of the molecule is CN1C(C(=O)NCC23CC4CC(CC(C4)C2)C3)=CC(c2ccc(F)cc2)=NS1(=O)=O. The molecule has 0 spiro atoms. The van der Waals surface area contributed by atoms with Crippen molar-refractivity contribution in [2.24, 2.45) is 27.6 Å². The van der Waals surface area contributed by atoms with E-state index in [1.54, 1.807) is 0 Å². The first-order chi connectivity index (χ1) is 14.2. The number of hydrogen-bond acceptors (Lipinski definition) is 3. The highest BCUT2D eigenvalue weighted by Crippen LogP contribution is 2.59. The average molecular weight is 432 g/mol. The predicted octanol–water partition coefficient (Wildman–Crippen LogP) is 3.02. The summed E-state index contributed by atoms with van der Waals surface area (Å²) < 4.78 is 43.0. The van der Waals surface area contributed by atoms with Crippen molar-refractivity contribution < 1.29 is 17.6 Å². The molecule has 1 heterocycles. The minimum absolute atomic E-state index is 0.0362. The van der Waals surface area contributed by atoms with Crippen molar-refractivity contribution >= 4 is 21.8 Å². The molecule has 6 nitrogen and oxygen atoms in total. The van der Waals surface area contributed by atoms with E-state index in [9.17, 15) is 17.6 Å². The molecule has 0 atom stereocenters. The number of benzene rings is 1. The van der Waals surface area contributed by atoms with Crippen molar-refractivity contribution in [3.05, 3.63) is 47.4 Å². The molecule has 1 aromatic rings. The monoisotopic (exact) mass is 431 g/mol. The molecule has 4 aliphatic carbocycles. The smallest absolute Gasteiger partial charge is 0.345 e.